The number of halogens is 1. The van der Waals surface area contributed by atoms with Crippen LogP contribution in [-0.4, -0.2) is 11.8 Å². The van der Waals surface area contributed by atoms with E-state index in [-0.39, 0.29) is 0 Å². The number of rotatable bonds is 5. The highest BCUT2D eigenvalue weighted by Gasteiger charge is 2.26. The Bertz CT molecular complexity index is 342. The highest BCUT2D eigenvalue weighted by atomic mass is 35.5. The summed E-state index contributed by atoms with van der Waals surface area (Å²) in [6, 6.07) is 8.37. The normalized spacial score (nSPS) is 18.1. The number of hydrogen-bond acceptors (Lipinski definition) is 3. The first kappa shape index (κ1) is 12.2. The molecule has 3 N–H and O–H groups in total. The van der Waals surface area contributed by atoms with Crippen molar-refractivity contribution in [3.05, 3.63) is 29.3 Å². The molecular weight excluding hydrogens is 240 g/mol. The van der Waals surface area contributed by atoms with Gasteiger partial charge in [-0.25, -0.2) is 0 Å². The summed E-state index contributed by atoms with van der Waals surface area (Å²) in [7, 11) is 0. The molecule has 0 heterocycles. The van der Waals surface area contributed by atoms with Crippen LogP contribution in [0.15, 0.2) is 29.2 Å². The third-order valence-corrected chi connectivity index (χ3v) is 4.82. The van der Waals surface area contributed by atoms with Gasteiger partial charge in [0, 0.05) is 16.7 Å². The van der Waals surface area contributed by atoms with E-state index in [4.69, 9.17) is 17.4 Å². The smallest absolute Gasteiger partial charge is 0.0541 e. The molecule has 1 aromatic carbocycles. The number of hydrogen-bond donors (Lipinski definition) is 2. The van der Waals surface area contributed by atoms with E-state index in [1.807, 2.05) is 18.2 Å². The fraction of sp³-hybridized carbons (Fsp3) is 0.500. The molecule has 1 aromatic rings. The minimum Gasteiger partial charge on any atom is -0.271 e. The lowest BCUT2D eigenvalue weighted by Crippen LogP contribution is -2.45. The molecule has 88 valence electrons. The van der Waals surface area contributed by atoms with Gasteiger partial charge in [0.15, 0.2) is 0 Å². The first-order valence-corrected chi connectivity index (χ1v) is 7.01. The summed E-state index contributed by atoms with van der Waals surface area (Å²) in [5, 5.41) is 0.830. The standard InChI is InChI=1S/C12H17ClN2S/c13-10-6-1-2-7-12(10)16-8-11(15-14)9-4-3-5-9/h1-2,6-7,9,11,15H,3-5,8,14H2. The van der Waals surface area contributed by atoms with Crippen LogP contribution in [0.5, 0.6) is 0 Å². The quantitative estimate of drug-likeness (QED) is 0.483. The maximum atomic E-state index is 6.11. The maximum Gasteiger partial charge on any atom is 0.0541 e. The van der Waals surface area contributed by atoms with Gasteiger partial charge in [-0.1, -0.05) is 30.2 Å². The summed E-state index contributed by atoms with van der Waals surface area (Å²) < 4.78 is 0. The summed E-state index contributed by atoms with van der Waals surface area (Å²) in [5.41, 5.74) is 2.93. The average Bonchev–Trinajstić information content (AvgIpc) is 2.23. The van der Waals surface area contributed by atoms with Crippen LogP contribution in [0.1, 0.15) is 19.3 Å². The van der Waals surface area contributed by atoms with Crippen molar-refractivity contribution in [2.75, 3.05) is 5.75 Å². The molecule has 0 bridgehead atoms. The molecule has 4 heteroatoms. The van der Waals surface area contributed by atoms with Gasteiger partial charge in [0.2, 0.25) is 0 Å². The third kappa shape index (κ3) is 2.92. The molecule has 0 aromatic heterocycles. The first-order chi connectivity index (χ1) is 7.81. The van der Waals surface area contributed by atoms with Gasteiger partial charge in [-0.05, 0) is 30.9 Å². The second-order valence-corrected chi connectivity index (χ2v) is 5.67. The summed E-state index contributed by atoms with van der Waals surface area (Å²) in [4.78, 5) is 1.14. The molecule has 2 nitrogen and oxygen atoms in total. The monoisotopic (exact) mass is 256 g/mol. The molecule has 1 aliphatic rings. The van der Waals surface area contributed by atoms with Gasteiger partial charge in [-0.2, -0.15) is 0 Å². The molecule has 0 saturated heterocycles. The van der Waals surface area contributed by atoms with Crippen molar-refractivity contribution in [3.63, 3.8) is 0 Å². The Morgan fingerprint density at radius 3 is 2.75 bits per heavy atom. The Hall–Kier alpha value is -0.220. The van der Waals surface area contributed by atoms with E-state index < -0.39 is 0 Å². The van der Waals surface area contributed by atoms with Crippen LogP contribution in [0.4, 0.5) is 0 Å². The van der Waals surface area contributed by atoms with Gasteiger partial charge in [-0.15, -0.1) is 11.8 Å². The van der Waals surface area contributed by atoms with Crippen LogP contribution < -0.4 is 11.3 Å². The average molecular weight is 257 g/mol. The molecule has 1 aliphatic carbocycles. The predicted octanol–water partition coefficient (Wildman–Crippen LogP) is 3.06. The minimum atomic E-state index is 0.412. The molecule has 1 unspecified atom stereocenters. The molecule has 16 heavy (non-hydrogen) atoms. The Balaban J connectivity index is 1.88. The Morgan fingerprint density at radius 2 is 2.19 bits per heavy atom. The molecule has 0 aliphatic heterocycles. The van der Waals surface area contributed by atoms with Gasteiger partial charge in [0.05, 0.1) is 5.02 Å². The van der Waals surface area contributed by atoms with Crippen molar-refractivity contribution < 1.29 is 0 Å². The van der Waals surface area contributed by atoms with Crippen LogP contribution in [0, 0.1) is 5.92 Å². The van der Waals surface area contributed by atoms with Crippen molar-refractivity contribution >= 4 is 23.4 Å². The van der Waals surface area contributed by atoms with Gasteiger partial charge in [-0.3, -0.25) is 11.3 Å². The van der Waals surface area contributed by atoms with Gasteiger partial charge in [0.25, 0.3) is 0 Å². The van der Waals surface area contributed by atoms with E-state index in [0.717, 1.165) is 21.6 Å². The summed E-state index contributed by atoms with van der Waals surface area (Å²) in [6.07, 6.45) is 3.95. The highest BCUT2D eigenvalue weighted by Crippen LogP contribution is 2.33. The summed E-state index contributed by atoms with van der Waals surface area (Å²) in [5.74, 6) is 7.33. The summed E-state index contributed by atoms with van der Waals surface area (Å²) in [6.45, 7) is 0. The largest absolute Gasteiger partial charge is 0.271 e. The van der Waals surface area contributed by atoms with E-state index in [9.17, 15) is 0 Å². The van der Waals surface area contributed by atoms with Crippen LogP contribution in [-0.2, 0) is 0 Å². The molecule has 1 saturated carbocycles. The Kier molecular flexibility index (Phi) is 4.53. The first-order valence-electron chi connectivity index (χ1n) is 5.64. The topological polar surface area (TPSA) is 38.0 Å². The fourth-order valence-corrected chi connectivity index (χ4v) is 3.31. The van der Waals surface area contributed by atoms with Crippen molar-refractivity contribution in [2.24, 2.45) is 11.8 Å². The molecular formula is C12H17ClN2S. The number of hydrazine groups is 1. The lowest BCUT2D eigenvalue weighted by Gasteiger charge is -2.33. The fourth-order valence-electron chi connectivity index (χ4n) is 1.90. The third-order valence-electron chi connectivity index (χ3n) is 3.19. The highest BCUT2D eigenvalue weighted by molar-refractivity contribution is 7.99. The lowest BCUT2D eigenvalue weighted by atomic mass is 9.80. The molecule has 1 fully saturated rings. The maximum absolute atomic E-state index is 6.11. The second kappa shape index (κ2) is 5.92. The number of thioether (sulfide) groups is 1. The molecule has 2 rings (SSSR count). The van der Waals surface area contributed by atoms with Crippen molar-refractivity contribution in [1.82, 2.24) is 5.43 Å². The number of nitrogens with two attached hydrogens (primary N) is 1. The van der Waals surface area contributed by atoms with Crippen LogP contribution in [0.25, 0.3) is 0 Å². The number of benzene rings is 1. The number of nitrogens with one attached hydrogen (secondary N) is 1. The Morgan fingerprint density at radius 1 is 1.44 bits per heavy atom. The zero-order chi connectivity index (χ0) is 11.4. The lowest BCUT2D eigenvalue weighted by molar-refractivity contribution is 0.246. The van der Waals surface area contributed by atoms with Crippen LogP contribution in [0.2, 0.25) is 5.02 Å². The van der Waals surface area contributed by atoms with Gasteiger partial charge < -0.3 is 0 Å². The second-order valence-electron chi connectivity index (χ2n) is 4.21. The zero-order valence-electron chi connectivity index (χ0n) is 9.16. The summed E-state index contributed by atoms with van der Waals surface area (Å²) >= 11 is 7.89. The van der Waals surface area contributed by atoms with E-state index >= 15 is 0 Å². The SMILES string of the molecule is NNC(CSc1ccccc1Cl)C1CCC1. The molecule has 0 radical (unpaired) electrons. The van der Waals surface area contributed by atoms with Crippen molar-refractivity contribution in [3.8, 4) is 0 Å². The van der Waals surface area contributed by atoms with E-state index in [1.165, 1.54) is 19.3 Å². The van der Waals surface area contributed by atoms with E-state index in [2.05, 4.69) is 11.5 Å². The van der Waals surface area contributed by atoms with E-state index in [1.54, 1.807) is 11.8 Å². The predicted molar refractivity (Wildman–Crippen MR) is 70.6 cm³/mol. The van der Waals surface area contributed by atoms with Crippen molar-refractivity contribution in [2.45, 2.75) is 30.2 Å². The van der Waals surface area contributed by atoms with Crippen LogP contribution in [0.3, 0.4) is 0 Å². The van der Waals surface area contributed by atoms with Crippen LogP contribution >= 0.6 is 23.4 Å². The molecule has 1 atom stereocenters. The zero-order valence-corrected chi connectivity index (χ0v) is 10.7. The van der Waals surface area contributed by atoms with Gasteiger partial charge >= 0.3 is 0 Å². The van der Waals surface area contributed by atoms with Crippen molar-refractivity contribution in [1.29, 1.82) is 0 Å². The molecule has 0 amide bonds. The minimum absolute atomic E-state index is 0.412. The van der Waals surface area contributed by atoms with E-state index in [0.29, 0.717) is 6.04 Å². The Labute approximate surface area is 106 Å². The molecule has 0 spiro atoms. The van der Waals surface area contributed by atoms with Gasteiger partial charge in [0.1, 0.15) is 0 Å².